The van der Waals surface area contributed by atoms with E-state index in [4.69, 9.17) is 25.5 Å². The normalized spacial score (nSPS) is 21.1. The van der Waals surface area contributed by atoms with Gasteiger partial charge in [0.05, 0.1) is 18.8 Å². The molecule has 6 nitrogen and oxygen atoms in total. The van der Waals surface area contributed by atoms with Gasteiger partial charge in [-0.2, -0.15) is 0 Å². The first-order valence-corrected chi connectivity index (χ1v) is 10.4. The molecule has 1 N–H and O–H groups in total. The molecular formula is C21H29ClN2O4. The van der Waals surface area contributed by atoms with Crippen molar-refractivity contribution >= 4 is 28.6 Å². The first-order valence-electron chi connectivity index (χ1n) is 9.97. The maximum absolute atomic E-state index is 11.1. The number of carbonyl (C=O) groups is 1. The van der Waals surface area contributed by atoms with Gasteiger partial charge in [0.1, 0.15) is 16.3 Å². The van der Waals surface area contributed by atoms with Gasteiger partial charge in [0, 0.05) is 18.9 Å². The number of aromatic nitrogens is 1. The first-order chi connectivity index (χ1) is 13.3. The number of carbonyl (C=O) groups excluding carboxylic acids is 1. The van der Waals surface area contributed by atoms with Gasteiger partial charge >= 0.3 is 0 Å². The molecule has 1 aliphatic rings. The lowest BCUT2D eigenvalue weighted by atomic mass is 9.95. The summed E-state index contributed by atoms with van der Waals surface area (Å²) in [6.07, 6.45) is 3.98. The van der Waals surface area contributed by atoms with Gasteiger partial charge in [-0.25, -0.2) is 4.98 Å². The van der Waals surface area contributed by atoms with Gasteiger partial charge in [-0.1, -0.05) is 25.4 Å². The first kappa shape index (κ1) is 20.9. The van der Waals surface area contributed by atoms with E-state index in [2.05, 4.69) is 10.3 Å². The Morgan fingerprint density at radius 2 is 1.93 bits per heavy atom. The molecule has 1 aliphatic carbocycles. The highest BCUT2D eigenvalue weighted by atomic mass is 35.5. The second-order valence-electron chi connectivity index (χ2n) is 7.88. The Hall–Kier alpha value is -1.79. The van der Waals surface area contributed by atoms with Crippen molar-refractivity contribution in [1.82, 2.24) is 10.3 Å². The van der Waals surface area contributed by atoms with Crippen molar-refractivity contribution in [3.05, 3.63) is 23.0 Å². The number of halogens is 1. The van der Waals surface area contributed by atoms with E-state index in [-0.39, 0.29) is 30.1 Å². The second-order valence-corrected chi connectivity index (χ2v) is 8.26. The van der Waals surface area contributed by atoms with Crippen LogP contribution in [0, 0.1) is 0 Å². The van der Waals surface area contributed by atoms with Crippen LogP contribution in [0.3, 0.4) is 0 Å². The summed E-state index contributed by atoms with van der Waals surface area (Å²) in [5, 5.41) is 3.32. The minimum Gasteiger partial charge on any atom is -0.489 e. The highest BCUT2D eigenvalue weighted by Crippen LogP contribution is 2.36. The summed E-state index contributed by atoms with van der Waals surface area (Å²) < 4.78 is 17.9. The predicted octanol–water partition coefficient (Wildman–Crippen LogP) is 4.84. The van der Waals surface area contributed by atoms with Gasteiger partial charge in [0.15, 0.2) is 11.5 Å². The molecule has 0 radical (unpaired) electrons. The van der Waals surface area contributed by atoms with Crippen LogP contribution in [0.2, 0.25) is 5.02 Å². The molecule has 3 rings (SSSR count). The van der Waals surface area contributed by atoms with Crippen LogP contribution in [0.4, 0.5) is 0 Å². The highest BCUT2D eigenvalue weighted by molar-refractivity contribution is 6.36. The van der Waals surface area contributed by atoms with Crippen LogP contribution in [0.1, 0.15) is 65.2 Å². The SMILES string of the molecule is CC(=O)N[C@@H](C)COC1CCC(Oc2ccc3nc(C(C)C)oc3c2Cl)CC1. The molecule has 1 aromatic heterocycles. The topological polar surface area (TPSA) is 73.6 Å². The molecule has 1 fully saturated rings. The largest absolute Gasteiger partial charge is 0.489 e. The van der Waals surface area contributed by atoms with Gasteiger partial charge in [-0.3, -0.25) is 4.79 Å². The zero-order chi connectivity index (χ0) is 20.3. The molecule has 7 heteroatoms. The Balaban J connectivity index is 1.53. The third-order valence-electron chi connectivity index (χ3n) is 4.92. The average Bonchev–Trinajstić information content (AvgIpc) is 3.08. The summed E-state index contributed by atoms with van der Waals surface area (Å²) in [7, 11) is 0. The summed E-state index contributed by atoms with van der Waals surface area (Å²) in [5.41, 5.74) is 1.35. The lowest BCUT2D eigenvalue weighted by Crippen LogP contribution is -2.36. The molecule has 28 heavy (non-hydrogen) atoms. The summed E-state index contributed by atoms with van der Waals surface area (Å²) in [4.78, 5) is 15.5. The van der Waals surface area contributed by atoms with Crippen LogP contribution in [0.15, 0.2) is 16.5 Å². The minimum absolute atomic E-state index is 0.0228. The van der Waals surface area contributed by atoms with Crippen molar-refractivity contribution in [2.24, 2.45) is 0 Å². The fourth-order valence-corrected chi connectivity index (χ4v) is 3.71. The van der Waals surface area contributed by atoms with E-state index in [1.165, 1.54) is 6.92 Å². The Bertz CT molecular complexity index is 812. The van der Waals surface area contributed by atoms with Crippen molar-refractivity contribution in [1.29, 1.82) is 0 Å². The predicted molar refractivity (Wildman–Crippen MR) is 109 cm³/mol. The number of benzene rings is 1. The number of hydrogen-bond donors (Lipinski definition) is 1. The third-order valence-corrected chi connectivity index (χ3v) is 5.28. The molecule has 154 valence electrons. The van der Waals surface area contributed by atoms with E-state index in [1.807, 2.05) is 32.9 Å². The van der Waals surface area contributed by atoms with E-state index in [0.29, 0.717) is 28.9 Å². The molecule has 1 saturated carbocycles. The minimum atomic E-state index is -0.0330. The number of oxazole rings is 1. The molecule has 0 unspecified atom stereocenters. The quantitative estimate of drug-likeness (QED) is 0.709. The number of ether oxygens (including phenoxy) is 2. The number of nitrogens with zero attached hydrogens (tertiary/aromatic N) is 1. The van der Waals surface area contributed by atoms with E-state index in [9.17, 15) is 4.79 Å². The van der Waals surface area contributed by atoms with E-state index in [0.717, 1.165) is 31.2 Å². The maximum Gasteiger partial charge on any atom is 0.217 e. The molecule has 0 bridgehead atoms. The molecule has 1 heterocycles. The standard InChI is InChI=1S/C21H29ClN2O4/c1-12(2)21-24-17-9-10-18(19(22)20(17)28-21)27-16-7-5-15(6-8-16)26-11-13(3)23-14(4)25/h9-10,12-13,15-16H,5-8,11H2,1-4H3,(H,23,25)/t13-,15?,16?/m0/s1. The van der Waals surface area contributed by atoms with Crippen LogP contribution in [-0.2, 0) is 9.53 Å². The molecule has 1 atom stereocenters. The lowest BCUT2D eigenvalue weighted by Gasteiger charge is -2.30. The van der Waals surface area contributed by atoms with E-state index >= 15 is 0 Å². The lowest BCUT2D eigenvalue weighted by molar-refractivity contribution is -0.120. The Morgan fingerprint density at radius 1 is 1.25 bits per heavy atom. The van der Waals surface area contributed by atoms with Gasteiger partial charge in [-0.05, 0) is 44.7 Å². The third kappa shape index (κ3) is 5.17. The zero-order valence-corrected chi connectivity index (χ0v) is 17.7. The van der Waals surface area contributed by atoms with Crippen molar-refractivity contribution in [2.75, 3.05) is 6.61 Å². The smallest absolute Gasteiger partial charge is 0.217 e. The summed E-state index contributed by atoms with van der Waals surface area (Å²) in [6.45, 7) is 8.06. The molecule has 2 aromatic rings. The van der Waals surface area contributed by atoms with Gasteiger partial charge in [-0.15, -0.1) is 0 Å². The number of amides is 1. The Labute approximate surface area is 170 Å². The molecule has 1 aromatic carbocycles. The highest BCUT2D eigenvalue weighted by Gasteiger charge is 2.25. The van der Waals surface area contributed by atoms with Crippen LogP contribution < -0.4 is 10.1 Å². The van der Waals surface area contributed by atoms with Crippen molar-refractivity contribution < 1.29 is 18.7 Å². The second kappa shape index (κ2) is 9.14. The summed E-state index contributed by atoms with van der Waals surface area (Å²) in [5.74, 6) is 1.50. The Kier molecular flexibility index (Phi) is 6.83. The Morgan fingerprint density at radius 3 is 2.57 bits per heavy atom. The van der Waals surface area contributed by atoms with Crippen LogP contribution in [0.25, 0.3) is 11.1 Å². The number of rotatable bonds is 7. The fourth-order valence-electron chi connectivity index (χ4n) is 3.46. The van der Waals surface area contributed by atoms with E-state index in [1.54, 1.807) is 0 Å². The zero-order valence-electron chi connectivity index (χ0n) is 17.0. The number of nitrogens with one attached hydrogen (secondary N) is 1. The molecule has 1 amide bonds. The maximum atomic E-state index is 11.1. The number of hydrogen-bond acceptors (Lipinski definition) is 5. The van der Waals surface area contributed by atoms with Crippen LogP contribution in [-0.4, -0.2) is 35.7 Å². The van der Waals surface area contributed by atoms with Crippen molar-refractivity contribution in [2.45, 2.75) is 77.5 Å². The monoisotopic (exact) mass is 408 g/mol. The van der Waals surface area contributed by atoms with Crippen molar-refractivity contribution in [3.63, 3.8) is 0 Å². The average molecular weight is 409 g/mol. The molecule has 0 saturated heterocycles. The van der Waals surface area contributed by atoms with Gasteiger partial charge < -0.3 is 19.2 Å². The van der Waals surface area contributed by atoms with Crippen LogP contribution in [0.5, 0.6) is 5.75 Å². The van der Waals surface area contributed by atoms with Crippen molar-refractivity contribution in [3.8, 4) is 5.75 Å². The number of fused-ring (bicyclic) bond motifs is 1. The summed E-state index contributed by atoms with van der Waals surface area (Å²) in [6, 6.07) is 3.79. The molecular weight excluding hydrogens is 380 g/mol. The summed E-state index contributed by atoms with van der Waals surface area (Å²) >= 11 is 6.52. The van der Waals surface area contributed by atoms with Gasteiger partial charge in [0.25, 0.3) is 0 Å². The van der Waals surface area contributed by atoms with Crippen LogP contribution >= 0.6 is 11.6 Å². The van der Waals surface area contributed by atoms with E-state index < -0.39 is 0 Å². The van der Waals surface area contributed by atoms with Gasteiger partial charge in [0.2, 0.25) is 5.91 Å². The fraction of sp³-hybridized carbons (Fsp3) is 0.619. The molecule has 0 spiro atoms. The molecule has 0 aliphatic heterocycles.